The summed E-state index contributed by atoms with van der Waals surface area (Å²) >= 11 is 0. The summed E-state index contributed by atoms with van der Waals surface area (Å²) in [7, 11) is 0. The quantitative estimate of drug-likeness (QED) is 0.868. The smallest absolute Gasteiger partial charge is 0.133 e. The van der Waals surface area contributed by atoms with E-state index < -0.39 is 0 Å². The molecule has 4 nitrogen and oxygen atoms in total. The second-order valence-corrected chi connectivity index (χ2v) is 5.33. The first-order valence-electron chi connectivity index (χ1n) is 7.35. The van der Waals surface area contributed by atoms with Crippen molar-refractivity contribution in [2.45, 2.75) is 45.1 Å². The van der Waals surface area contributed by atoms with Crippen molar-refractivity contribution in [2.24, 2.45) is 0 Å². The van der Waals surface area contributed by atoms with Crippen LogP contribution in [0.2, 0.25) is 0 Å². The first-order valence-corrected chi connectivity index (χ1v) is 7.35. The molecular weight excluding hydrogens is 248 g/mol. The zero-order valence-electron chi connectivity index (χ0n) is 11.8. The average molecular weight is 268 g/mol. The summed E-state index contributed by atoms with van der Waals surface area (Å²) in [5.41, 5.74) is 3.55. The maximum Gasteiger partial charge on any atom is 0.133 e. The minimum atomic E-state index is 0.151. The number of aryl methyl sites for hydroxylation is 1. The molecule has 4 heteroatoms. The molecular formula is C16H20N4. The Balaban J connectivity index is 1.84. The van der Waals surface area contributed by atoms with E-state index in [9.17, 15) is 0 Å². The summed E-state index contributed by atoms with van der Waals surface area (Å²) in [4.78, 5) is 13.3. The highest BCUT2D eigenvalue weighted by Gasteiger charge is 2.16. The third kappa shape index (κ3) is 2.79. The molecule has 2 heterocycles. The maximum absolute atomic E-state index is 4.45. The molecule has 20 heavy (non-hydrogen) atoms. The summed E-state index contributed by atoms with van der Waals surface area (Å²) in [5.74, 6) is 0.982. The van der Waals surface area contributed by atoms with E-state index in [1.807, 2.05) is 24.4 Å². The van der Waals surface area contributed by atoms with Crippen molar-refractivity contribution in [1.82, 2.24) is 15.0 Å². The normalized spacial score (nSPS) is 16.1. The Morgan fingerprint density at radius 3 is 2.80 bits per heavy atom. The van der Waals surface area contributed by atoms with Gasteiger partial charge in [0.15, 0.2) is 0 Å². The van der Waals surface area contributed by atoms with Crippen molar-refractivity contribution in [3.8, 4) is 0 Å². The van der Waals surface area contributed by atoms with Crippen LogP contribution in [-0.4, -0.2) is 15.0 Å². The summed E-state index contributed by atoms with van der Waals surface area (Å²) in [6.45, 7) is 2.12. The Bertz CT molecular complexity index is 568. The lowest BCUT2D eigenvalue weighted by atomic mass is 10.1. The van der Waals surface area contributed by atoms with Gasteiger partial charge in [-0.3, -0.25) is 4.98 Å². The van der Waals surface area contributed by atoms with Crippen LogP contribution in [0.1, 0.15) is 49.2 Å². The molecule has 0 aliphatic heterocycles. The van der Waals surface area contributed by atoms with Gasteiger partial charge >= 0.3 is 0 Å². The van der Waals surface area contributed by atoms with Crippen molar-refractivity contribution in [2.75, 3.05) is 5.32 Å². The second kappa shape index (κ2) is 5.99. The highest BCUT2D eigenvalue weighted by molar-refractivity contribution is 5.47. The zero-order chi connectivity index (χ0) is 13.8. The summed E-state index contributed by atoms with van der Waals surface area (Å²) in [5, 5.41) is 3.50. The highest BCUT2D eigenvalue weighted by atomic mass is 15.0. The minimum Gasteiger partial charge on any atom is -0.362 e. The number of hydrogen-bond acceptors (Lipinski definition) is 4. The fourth-order valence-corrected chi connectivity index (χ4v) is 2.73. The van der Waals surface area contributed by atoms with Crippen LogP contribution in [-0.2, 0) is 12.8 Å². The van der Waals surface area contributed by atoms with Crippen LogP contribution >= 0.6 is 0 Å². The Morgan fingerprint density at radius 2 is 1.95 bits per heavy atom. The summed E-state index contributed by atoms with van der Waals surface area (Å²) < 4.78 is 0. The van der Waals surface area contributed by atoms with Gasteiger partial charge in [0.1, 0.15) is 12.1 Å². The van der Waals surface area contributed by atoms with Crippen LogP contribution in [0.5, 0.6) is 0 Å². The van der Waals surface area contributed by atoms with Crippen molar-refractivity contribution in [1.29, 1.82) is 0 Å². The first kappa shape index (κ1) is 13.0. The van der Waals surface area contributed by atoms with Gasteiger partial charge in [-0.1, -0.05) is 12.5 Å². The molecule has 0 saturated heterocycles. The molecule has 0 radical (unpaired) electrons. The third-order valence-electron chi connectivity index (χ3n) is 3.86. The average Bonchev–Trinajstić information content (AvgIpc) is 2.74. The molecule has 0 amide bonds. The van der Waals surface area contributed by atoms with E-state index in [1.54, 1.807) is 6.33 Å². The molecule has 0 saturated carbocycles. The van der Waals surface area contributed by atoms with E-state index in [4.69, 9.17) is 0 Å². The topological polar surface area (TPSA) is 50.7 Å². The lowest BCUT2D eigenvalue weighted by Crippen LogP contribution is -2.12. The van der Waals surface area contributed by atoms with E-state index >= 15 is 0 Å². The van der Waals surface area contributed by atoms with Crippen LogP contribution in [0.25, 0.3) is 0 Å². The lowest BCUT2D eigenvalue weighted by molar-refractivity contribution is 0.708. The van der Waals surface area contributed by atoms with Crippen LogP contribution in [0.3, 0.4) is 0 Å². The molecule has 1 aliphatic rings. The zero-order valence-corrected chi connectivity index (χ0v) is 11.8. The molecule has 2 aromatic rings. The predicted molar refractivity (Wildman–Crippen MR) is 79.6 cm³/mol. The molecule has 1 N–H and O–H groups in total. The van der Waals surface area contributed by atoms with Gasteiger partial charge < -0.3 is 5.32 Å². The first-order chi connectivity index (χ1) is 9.84. The van der Waals surface area contributed by atoms with Gasteiger partial charge in [0, 0.05) is 17.5 Å². The molecule has 0 aromatic carbocycles. The second-order valence-electron chi connectivity index (χ2n) is 5.33. The van der Waals surface area contributed by atoms with E-state index in [1.165, 1.54) is 30.5 Å². The molecule has 1 atom stereocenters. The largest absolute Gasteiger partial charge is 0.362 e. The van der Waals surface area contributed by atoms with Crippen molar-refractivity contribution >= 4 is 5.82 Å². The number of pyridine rings is 1. The van der Waals surface area contributed by atoms with E-state index in [-0.39, 0.29) is 6.04 Å². The number of aromatic nitrogens is 3. The van der Waals surface area contributed by atoms with Crippen LogP contribution in [0.4, 0.5) is 5.82 Å². The van der Waals surface area contributed by atoms with Gasteiger partial charge in [-0.25, -0.2) is 9.97 Å². The number of nitrogens with zero attached hydrogens (tertiary/aromatic N) is 3. The molecule has 0 fully saturated rings. The Labute approximate surface area is 119 Å². The summed E-state index contributed by atoms with van der Waals surface area (Å²) in [6.07, 6.45) is 9.40. The van der Waals surface area contributed by atoms with Crippen molar-refractivity contribution < 1.29 is 0 Å². The molecule has 0 bridgehead atoms. The minimum absolute atomic E-state index is 0.151. The fraction of sp³-hybridized carbons (Fsp3) is 0.438. The fourth-order valence-electron chi connectivity index (χ4n) is 2.73. The number of rotatable bonds is 3. The maximum atomic E-state index is 4.45. The van der Waals surface area contributed by atoms with Gasteiger partial charge in [-0.15, -0.1) is 0 Å². The highest BCUT2D eigenvalue weighted by Crippen LogP contribution is 2.26. The molecule has 1 aliphatic carbocycles. The Hall–Kier alpha value is -1.97. The molecule has 1 unspecified atom stereocenters. The van der Waals surface area contributed by atoms with Crippen LogP contribution < -0.4 is 5.32 Å². The molecule has 104 valence electrons. The van der Waals surface area contributed by atoms with E-state index in [0.29, 0.717) is 0 Å². The molecule has 3 rings (SSSR count). The van der Waals surface area contributed by atoms with Crippen molar-refractivity contribution in [3.63, 3.8) is 0 Å². The van der Waals surface area contributed by atoms with Gasteiger partial charge in [0.05, 0.1) is 11.7 Å². The Kier molecular flexibility index (Phi) is 3.90. The third-order valence-corrected chi connectivity index (χ3v) is 3.86. The van der Waals surface area contributed by atoms with E-state index in [2.05, 4.69) is 27.2 Å². The monoisotopic (exact) mass is 268 g/mol. The van der Waals surface area contributed by atoms with Gasteiger partial charge in [0.2, 0.25) is 0 Å². The predicted octanol–water partition coefficient (Wildman–Crippen LogP) is 3.31. The van der Waals surface area contributed by atoms with Gasteiger partial charge in [-0.05, 0) is 44.7 Å². The molecule has 0 spiro atoms. The Morgan fingerprint density at radius 1 is 1.05 bits per heavy atom. The molecule has 2 aromatic heterocycles. The standard InChI is InChI=1S/C16H20N4/c1-12(14-8-5-6-10-17-14)20-16-13-7-3-2-4-9-15(13)18-11-19-16/h5-6,8,10-12H,2-4,7,9H2,1H3,(H,18,19,20). The van der Waals surface area contributed by atoms with Crippen LogP contribution in [0.15, 0.2) is 30.7 Å². The number of hydrogen-bond donors (Lipinski definition) is 1. The SMILES string of the molecule is CC(Nc1ncnc2c1CCCCC2)c1ccccn1. The van der Waals surface area contributed by atoms with Gasteiger partial charge in [0.25, 0.3) is 0 Å². The number of anilines is 1. The van der Waals surface area contributed by atoms with E-state index in [0.717, 1.165) is 24.4 Å². The lowest BCUT2D eigenvalue weighted by Gasteiger charge is -2.17. The van der Waals surface area contributed by atoms with Gasteiger partial charge in [-0.2, -0.15) is 0 Å². The van der Waals surface area contributed by atoms with Crippen LogP contribution in [0, 0.1) is 0 Å². The number of nitrogens with one attached hydrogen (secondary N) is 1. The summed E-state index contributed by atoms with van der Waals surface area (Å²) in [6, 6.07) is 6.14. The van der Waals surface area contributed by atoms with Crippen molar-refractivity contribution in [3.05, 3.63) is 47.7 Å². The number of fused-ring (bicyclic) bond motifs is 1.